The van der Waals surface area contributed by atoms with E-state index in [0.717, 1.165) is 61.2 Å². The lowest BCUT2D eigenvalue weighted by molar-refractivity contribution is -0.111. The predicted octanol–water partition coefficient (Wildman–Crippen LogP) is 5.47. The van der Waals surface area contributed by atoms with Crippen molar-refractivity contribution >= 4 is 39.8 Å². The van der Waals surface area contributed by atoms with Crippen LogP contribution in [0.25, 0.3) is 22.2 Å². The van der Waals surface area contributed by atoms with E-state index in [1.165, 1.54) is 18.9 Å². The molecule has 3 aliphatic rings. The molecule has 2 N–H and O–H groups in total. The molecule has 218 valence electrons. The Morgan fingerprint density at radius 1 is 1.14 bits per heavy atom. The maximum absolute atomic E-state index is 12.4. The van der Waals surface area contributed by atoms with Crippen LogP contribution in [0.4, 0.5) is 23.0 Å². The number of carbonyl (C=O) groups excluding carboxylic acids is 1. The molecule has 2 aromatic heterocycles. The number of fused-ring (bicyclic) bond motifs is 1. The van der Waals surface area contributed by atoms with E-state index in [4.69, 9.17) is 9.72 Å². The number of aromatic nitrogens is 3. The van der Waals surface area contributed by atoms with Crippen molar-refractivity contribution in [2.75, 3.05) is 48.8 Å². The molecule has 43 heavy (non-hydrogen) atoms. The summed E-state index contributed by atoms with van der Waals surface area (Å²) in [6.45, 7) is 7.71. The molecule has 0 spiro atoms. The summed E-state index contributed by atoms with van der Waals surface area (Å²) in [5.74, 6) is 0.622. The van der Waals surface area contributed by atoms with Gasteiger partial charge >= 0.3 is 0 Å². The fourth-order valence-electron chi connectivity index (χ4n) is 6.27. The minimum Gasteiger partial charge on any atom is -0.494 e. The summed E-state index contributed by atoms with van der Waals surface area (Å²) >= 11 is 0. The van der Waals surface area contributed by atoms with Gasteiger partial charge in [0.25, 0.3) is 0 Å². The van der Waals surface area contributed by atoms with Crippen LogP contribution < -0.4 is 20.3 Å². The fraction of sp³-hybridized carbons (Fsp3) is 0.333. The molecule has 2 aliphatic heterocycles. The first-order valence-corrected chi connectivity index (χ1v) is 14.8. The number of rotatable bonds is 9. The maximum Gasteiger partial charge on any atom is 0.247 e. The number of hydrogen-bond donors (Lipinski definition) is 2. The molecule has 10 nitrogen and oxygen atoms in total. The van der Waals surface area contributed by atoms with E-state index in [1.807, 2.05) is 24.3 Å². The van der Waals surface area contributed by atoms with E-state index >= 15 is 0 Å². The summed E-state index contributed by atoms with van der Waals surface area (Å²) < 4.78 is 8.09. The van der Waals surface area contributed by atoms with Crippen LogP contribution in [0.15, 0.2) is 61.4 Å². The number of para-hydroxylation sites is 1. The second-order valence-electron chi connectivity index (χ2n) is 11.5. The van der Waals surface area contributed by atoms with Gasteiger partial charge in [-0.1, -0.05) is 24.8 Å². The standard InChI is InChI=1S/C33H34N8O2/c1-3-31(42)36-26-14-27(30(43-2)15-29(26)40-18-23(19-40)39-12-6-7-13-39)37-33-35-17-21(16-34)32(38-33)25-20-41(22-10-11-22)28-9-5-4-8-24(25)28/h3-5,8-9,14-15,17,20,22-23H,1,6-7,10-13,18-19H2,2H3,(H,36,42)(H,35,37,38). The van der Waals surface area contributed by atoms with Crippen LogP contribution in [0.5, 0.6) is 5.75 Å². The largest absolute Gasteiger partial charge is 0.494 e. The number of nitrogens with zero attached hydrogens (tertiary/aromatic N) is 6. The number of nitriles is 1. The number of methoxy groups -OCH3 is 1. The highest BCUT2D eigenvalue weighted by Gasteiger charge is 2.35. The van der Waals surface area contributed by atoms with E-state index in [-0.39, 0.29) is 5.91 Å². The van der Waals surface area contributed by atoms with E-state index < -0.39 is 0 Å². The van der Waals surface area contributed by atoms with Gasteiger partial charge in [0, 0.05) is 53.9 Å². The van der Waals surface area contributed by atoms with Gasteiger partial charge in [-0.3, -0.25) is 9.69 Å². The monoisotopic (exact) mass is 574 g/mol. The fourth-order valence-corrected chi connectivity index (χ4v) is 6.27. The number of carbonyl (C=O) groups is 1. The van der Waals surface area contributed by atoms with Crippen molar-refractivity contribution in [3.05, 3.63) is 67.0 Å². The molecule has 4 aromatic rings. The third kappa shape index (κ3) is 5.06. The van der Waals surface area contributed by atoms with Crippen molar-refractivity contribution < 1.29 is 9.53 Å². The van der Waals surface area contributed by atoms with Gasteiger partial charge in [0.1, 0.15) is 11.8 Å². The zero-order chi connectivity index (χ0) is 29.5. The predicted molar refractivity (Wildman–Crippen MR) is 168 cm³/mol. The van der Waals surface area contributed by atoms with Crippen LogP contribution in [0.1, 0.15) is 37.3 Å². The highest BCUT2D eigenvalue weighted by atomic mass is 16.5. The summed E-state index contributed by atoms with van der Waals surface area (Å²) in [6.07, 6.45) is 9.73. The van der Waals surface area contributed by atoms with E-state index in [2.05, 4.69) is 61.0 Å². The molecule has 0 bridgehead atoms. The van der Waals surface area contributed by atoms with E-state index in [0.29, 0.717) is 46.4 Å². The Labute approximate surface area is 250 Å². The summed E-state index contributed by atoms with van der Waals surface area (Å²) in [4.78, 5) is 26.5. The van der Waals surface area contributed by atoms with Gasteiger partial charge in [-0.15, -0.1) is 0 Å². The first kappa shape index (κ1) is 27.0. The SMILES string of the molecule is C=CC(=O)Nc1cc(Nc2ncc(C#N)c(-c3cn(C4CC4)c4ccccc34)n2)c(OC)cc1N1CC(N2CCCC2)C1. The molecule has 1 amide bonds. The van der Waals surface area contributed by atoms with Gasteiger partial charge in [-0.25, -0.2) is 9.97 Å². The lowest BCUT2D eigenvalue weighted by Crippen LogP contribution is -2.59. The molecule has 1 saturated carbocycles. The molecule has 1 aliphatic carbocycles. The molecular weight excluding hydrogens is 540 g/mol. The summed E-state index contributed by atoms with van der Waals surface area (Å²) in [6, 6.07) is 15.3. The maximum atomic E-state index is 12.4. The topological polar surface area (TPSA) is 111 Å². The summed E-state index contributed by atoms with van der Waals surface area (Å²) in [7, 11) is 1.62. The lowest BCUT2D eigenvalue weighted by atomic mass is 10.0. The van der Waals surface area contributed by atoms with Crippen molar-refractivity contribution in [1.29, 1.82) is 5.26 Å². The Morgan fingerprint density at radius 2 is 1.93 bits per heavy atom. The van der Waals surface area contributed by atoms with Gasteiger partial charge in [0.15, 0.2) is 0 Å². The third-order valence-corrected chi connectivity index (χ3v) is 8.71. The van der Waals surface area contributed by atoms with Crippen molar-refractivity contribution in [2.24, 2.45) is 0 Å². The van der Waals surface area contributed by atoms with Gasteiger partial charge in [0.2, 0.25) is 11.9 Å². The van der Waals surface area contributed by atoms with E-state index in [9.17, 15) is 10.1 Å². The highest BCUT2D eigenvalue weighted by molar-refractivity contribution is 6.02. The first-order chi connectivity index (χ1) is 21.1. The van der Waals surface area contributed by atoms with Crippen molar-refractivity contribution in [2.45, 2.75) is 37.8 Å². The molecule has 2 aromatic carbocycles. The minimum absolute atomic E-state index is 0.294. The number of nitrogens with one attached hydrogen (secondary N) is 2. The average Bonchev–Trinajstić information content (AvgIpc) is 3.57. The van der Waals surface area contributed by atoms with Gasteiger partial charge in [0.05, 0.1) is 41.6 Å². The van der Waals surface area contributed by atoms with Crippen molar-refractivity contribution in [1.82, 2.24) is 19.4 Å². The molecule has 0 unspecified atom stereocenters. The van der Waals surface area contributed by atoms with Crippen LogP contribution in [0.3, 0.4) is 0 Å². The molecule has 10 heteroatoms. The Bertz CT molecular complexity index is 1760. The summed E-state index contributed by atoms with van der Waals surface area (Å²) in [5, 5.41) is 17.3. The zero-order valence-electron chi connectivity index (χ0n) is 24.2. The molecule has 7 rings (SSSR count). The average molecular weight is 575 g/mol. The number of anilines is 4. The first-order valence-electron chi connectivity index (χ1n) is 14.8. The zero-order valence-corrected chi connectivity index (χ0v) is 24.2. The van der Waals surface area contributed by atoms with Gasteiger partial charge in [-0.05, 0) is 57.0 Å². The number of amides is 1. The molecule has 3 fully saturated rings. The quantitative estimate of drug-likeness (QED) is 0.253. The normalized spacial score (nSPS) is 17.0. The van der Waals surface area contributed by atoms with Gasteiger partial charge in [-0.2, -0.15) is 5.26 Å². The summed E-state index contributed by atoms with van der Waals surface area (Å²) in [5.41, 5.74) is 5.14. The van der Waals surface area contributed by atoms with E-state index in [1.54, 1.807) is 13.3 Å². The number of ether oxygens (including phenoxy) is 1. The Hall–Kier alpha value is -4.88. The second-order valence-corrected chi connectivity index (χ2v) is 11.5. The molecule has 0 atom stereocenters. The highest BCUT2D eigenvalue weighted by Crippen LogP contribution is 2.43. The molecule has 4 heterocycles. The lowest BCUT2D eigenvalue weighted by Gasteiger charge is -2.46. The van der Waals surface area contributed by atoms with Crippen LogP contribution in [0.2, 0.25) is 0 Å². The Kier molecular flexibility index (Phi) is 6.95. The Morgan fingerprint density at radius 3 is 2.65 bits per heavy atom. The van der Waals surface area contributed by atoms with Crippen LogP contribution in [0, 0.1) is 11.3 Å². The van der Waals surface area contributed by atoms with Crippen molar-refractivity contribution in [3.63, 3.8) is 0 Å². The molecule has 0 radical (unpaired) electrons. The Balaban J connectivity index is 1.23. The number of likely N-dealkylation sites (tertiary alicyclic amines) is 1. The molecule has 2 saturated heterocycles. The smallest absolute Gasteiger partial charge is 0.247 e. The second kappa shape index (κ2) is 11.1. The van der Waals surface area contributed by atoms with Crippen LogP contribution in [-0.2, 0) is 4.79 Å². The third-order valence-electron chi connectivity index (χ3n) is 8.71. The number of hydrogen-bond acceptors (Lipinski definition) is 8. The van der Waals surface area contributed by atoms with Gasteiger partial charge < -0.3 is 24.8 Å². The van der Waals surface area contributed by atoms with Crippen molar-refractivity contribution in [3.8, 4) is 23.1 Å². The van der Waals surface area contributed by atoms with Crippen LogP contribution in [-0.4, -0.2) is 64.7 Å². The van der Waals surface area contributed by atoms with Crippen LogP contribution >= 0.6 is 0 Å². The molecular formula is C33H34N8O2. The number of benzene rings is 2. The minimum atomic E-state index is -0.294.